The SMILES string of the molecule is CN(Cc1ccccc1)C(=O)N1CCN(C(=O)c2ccc(Cl)cc2Cl)CC1. The van der Waals surface area contributed by atoms with Crippen LogP contribution >= 0.6 is 23.2 Å². The Bertz CT molecular complexity index is 821. The van der Waals surface area contributed by atoms with Crippen LogP contribution in [0.25, 0.3) is 0 Å². The first kappa shape index (κ1) is 19.5. The van der Waals surface area contributed by atoms with Crippen molar-refractivity contribution in [1.29, 1.82) is 0 Å². The summed E-state index contributed by atoms with van der Waals surface area (Å²) in [5.74, 6) is -0.138. The fraction of sp³-hybridized carbons (Fsp3) is 0.300. The predicted octanol–water partition coefficient (Wildman–Crippen LogP) is 4.00. The van der Waals surface area contributed by atoms with Gasteiger partial charge in [0.15, 0.2) is 0 Å². The summed E-state index contributed by atoms with van der Waals surface area (Å²) in [4.78, 5) is 30.5. The number of hydrogen-bond donors (Lipinski definition) is 0. The lowest BCUT2D eigenvalue weighted by Gasteiger charge is -2.36. The zero-order valence-corrected chi connectivity index (χ0v) is 16.6. The Hall–Kier alpha value is -2.24. The van der Waals surface area contributed by atoms with Crippen molar-refractivity contribution in [2.45, 2.75) is 6.54 Å². The number of hydrogen-bond acceptors (Lipinski definition) is 2. The minimum absolute atomic E-state index is 0.0320. The van der Waals surface area contributed by atoms with Crippen molar-refractivity contribution >= 4 is 35.1 Å². The number of carbonyl (C=O) groups excluding carboxylic acids is 2. The first-order valence-corrected chi connectivity index (χ1v) is 9.49. The predicted molar refractivity (Wildman–Crippen MR) is 107 cm³/mol. The standard InChI is InChI=1S/C20H21Cl2N3O2/c1-23(14-15-5-3-2-4-6-15)20(27)25-11-9-24(10-12-25)19(26)17-8-7-16(21)13-18(17)22/h2-8,13H,9-12,14H2,1H3. The molecule has 1 saturated heterocycles. The Kier molecular flexibility index (Phi) is 6.24. The average Bonchev–Trinajstić information content (AvgIpc) is 2.68. The number of urea groups is 1. The molecule has 27 heavy (non-hydrogen) atoms. The largest absolute Gasteiger partial charge is 0.335 e. The van der Waals surface area contributed by atoms with E-state index in [9.17, 15) is 9.59 Å². The Balaban J connectivity index is 1.56. The minimum Gasteiger partial charge on any atom is -0.335 e. The molecule has 0 spiro atoms. The molecule has 3 amide bonds. The van der Waals surface area contributed by atoms with Gasteiger partial charge in [-0.05, 0) is 23.8 Å². The molecule has 0 radical (unpaired) electrons. The second-order valence-corrected chi connectivity index (χ2v) is 7.37. The van der Waals surface area contributed by atoms with Crippen molar-refractivity contribution in [2.75, 3.05) is 33.2 Å². The normalized spacial score (nSPS) is 14.2. The Labute approximate surface area is 169 Å². The van der Waals surface area contributed by atoms with E-state index in [2.05, 4.69) is 0 Å². The molecule has 2 aromatic rings. The highest BCUT2D eigenvalue weighted by atomic mass is 35.5. The van der Waals surface area contributed by atoms with Gasteiger partial charge in [0.2, 0.25) is 0 Å². The van der Waals surface area contributed by atoms with Crippen LogP contribution in [-0.2, 0) is 6.54 Å². The lowest BCUT2D eigenvalue weighted by molar-refractivity contribution is 0.0644. The van der Waals surface area contributed by atoms with E-state index in [4.69, 9.17) is 23.2 Å². The fourth-order valence-corrected chi connectivity index (χ4v) is 3.59. The van der Waals surface area contributed by atoms with Crippen molar-refractivity contribution in [3.05, 3.63) is 69.7 Å². The monoisotopic (exact) mass is 405 g/mol. The first-order chi connectivity index (χ1) is 13.0. The highest BCUT2D eigenvalue weighted by molar-refractivity contribution is 6.36. The van der Waals surface area contributed by atoms with Crippen LogP contribution in [0.1, 0.15) is 15.9 Å². The van der Waals surface area contributed by atoms with Crippen LogP contribution < -0.4 is 0 Å². The van der Waals surface area contributed by atoms with Crippen molar-refractivity contribution in [2.24, 2.45) is 0 Å². The molecule has 0 atom stereocenters. The first-order valence-electron chi connectivity index (χ1n) is 8.74. The number of benzene rings is 2. The average molecular weight is 406 g/mol. The molecular weight excluding hydrogens is 385 g/mol. The molecule has 0 unspecified atom stereocenters. The summed E-state index contributed by atoms with van der Waals surface area (Å²) < 4.78 is 0. The molecule has 0 aliphatic carbocycles. The molecule has 1 aliphatic rings. The van der Waals surface area contributed by atoms with Gasteiger partial charge in [0.05, 0.1) is 10.6 Å². The molecule has 5 nitrogen and oxygen atoms in total. The highest BCUT2D eigenvalue weighted by Crippen LogP contribution is 2.23. The summed E-state index contributed by atoms with van der Waals surface area (Å²) in [6.45, 7) is 2.49. The van der Waals surface area contributed by atoms with Crippen molar-refractivity contribution in [1.82, 2.24) is 14.7 Å². The van der Waals surface area contributed by atoms with Gasteiger partial charge >= 0.3 is 6.03 Å². The molecule has 0 saturated carbocycles. The van der Waals surface area contributed by atoms with Gasteiger partial charge in [0, 0.05) is 44.8 Å². The van der Waals surface area contributed by atoms with Crippen LogP contribution in [0.4, 0.5) is 4.79 Å². The van der Waals surface area contributed by atoms with E-state index < -0.39 is 0 Å². The number of amides is 3. The van der Waals surface area contributed by atoms with Gasteiger partial charge in [-0.2, -0.15) is 0 Å². The van der Waals surface area contributed by atoms with Crippen LogP contribution in [0.15, 0.2) is 48.5 Å². The second-order valence-electron chi connectivity index (χ2n) is 6.53. The Morgan fingerprint density at radius 2 is 1.59 bits per heavy atom. The zero-order valence-electron chi connectivity index (χ0n) is 15.1. The van der Waals surface area contributed by atoms with Gasteiger partial charge in [-0.25, -0.2) is 4.79 Å². The van der Waals surface area contributed by atoms with E-state index >= 15 is 0 Å². The van der Waals surface area contributed by atoms with E-state index in [1.165, 1.54) is 0 Å². The Morgan fingerprint density at radius 1 is 0.963 bits per heavy atom. The van der Waals surface area contributed by atoms with Gasteiger partial charge in [0.25, 0.3) is 5.91 Å². The maximum absolute atomic E-state index is 12.7. The summed E-state index contributed by atoms with van der Waals surface area (Å²) in [6, 6.07) is 14.7. The van der Waals surface area contributed by atoms with Crippen molar-refractivity contribution in [3.8, 4) is 0 Å². The van der Waals surface area contributed by atoms with Crippen LogP contribution in [0.5, 0.6) is 0 Å². The Morgan fingerprint density at radius 3 is 2.22 bits per heavy atom. The number of rotatable bonds is 3. The molecule has 1 heterocycles. The van der Waals surface area contributed by atoms with Crippen LogP contribution in [-0.4, -0.2) is 59.9 Å². The van der Waals surface area contributed by atoms with Gasteiger partial charge in [-0.15, -0.1) is 0 Å². The molecule has 3 rings (SSSR count). The van der Waals surface area contributed by atoms with Crippen LogP contribution in [0, 0.1) is 0 Å². The van der Waals surface area contributed by atoms with Gasteiger partial charge in [-0.1, -0.05) is 53.5 Å². The molecule has 0 bridgehead atoms. The summed E-state index contributed by atoms with van der Waals surface area (Å²) in [6.07, 6.45) is 0. The quantitative estimate of drug-likeness (QED) is 0.774. The maximum atomic E-state index is 12.7. The number of carbonyl (C=O) groups is 2. The molecule has 142 valence electrons. The van der Waals surface area contributed by atoms with E-state index in [-0.39, 0.29) is 11.9 Å². The number of halogens is 2. The number of nitrogens with zero attached hydrogens (tertiary/aromatic N) is 3. The minimum atomic E-state index is -0.138. The van der Waals surface area contributed by atoms with E-state index in [1.807, 2.05) is 30.3 Å². The number of piperazine rings is 1. The van der Waals surface area contributed by atoms with Crippen LogP contribution in [0.2, 0.25) is 10.0 Å². The topological polar surface area (TPSA) is 43.9 Å². The fourth-order valence-electron chi connectivity index (χ4n) is 3.10. The lowest BCUT2D eigenvalue weighted by atomic mass is 10.2. The van der Waals surface area contributed by atoms with Crippen LogP contribution in [0.3, 0.4) is 0 Å². The van der Waals surface area contributed by atoms with E-state index in [0.29, 0.717) is 48.3 Å². The molecule has 2 aromatic carbocycles. The third-order valence-electron chi connectivity index (χ3n) is 4.59. The smallest absolute Gasteiger partial charge is 0.320 e. The summed E-state index contributed by atoms with van der Waals surface area (Å²) >= 11 is 12.0. The van der Waals surface area contributed by atoms with E-state index in [1.54, 1.807) is 39.9 Å². The third-order valence-corrected chi connectivity index (χ3v) is 5.14. The lowest BCUT2D eigenvalue weighted by Crippen LogP contribution is -2.53. The molecule has 1 fully saturated rings. The maximum Gasteiger partial charge on any atom is 0.320 e. The van der Waals surface area contributed by atoms with Gasteiger partial charge in [-0.3, -0.25) is 4.79 Å². The zero-order chi connectivity index (χ0) is 19.4. The molecular formula is C20H21Cl2N3O2. The van der Waals surface area contributed by atoms with Crippen molar-refractivity contribution < 1.29 is 9.59 Å². The molecule has 0 N–H and O–H groups in total. The third kappa shape index (κ3) is 4.73. The summed E-state index contributed by atoms with van der Waals surface area (Å²) in [5, 5.41) is 0.835. The van der Waals surface area contributed by atoms with Gasteiger partial charge < -0.3 is 14.7 Å². The molecule has 0 aromatic heterocycles. The summed E-state index contributed by atoms with van der Waals surface area (Å²) in [5.41, 5.74) is 1.52. The molecule has 7 heteroatoms. The van der Waals surface area contributed by atoms with E-state index in [0.717, 1.165) is 5.56 Å². The summed E-state index contributed by atoms with van der Waals surface area (Å²) in [7, 11) is 1.79. The molecule has 1 aliphatic heterocycles. The second kappa shape index (κ2) is 8.63. The highest BCUT2D eigenvalue weighted by Gasteiger charge is 2.27. The van der Waals surface area contributed by atoms with Crippen molar-refractivity contribution in [3.63, 3.8) is 0 Å². The van der Waals surface area contributed by atoms with Gasteiger partial charge in [0.1, 0.15) is 0 Å².